The molecule has 0 spiro atoms. The van der Waals surface area contributed by atoms with Gasteiger partial charge in [-0.1, -0.05) is 0 Å². The number of piperazine rings is 1. The van der Waals surface area contributed by atoms with Gasteiger partial charge in [-0.3, -0.25) is 0 Å². The van der Waals surface area contributed by atoms with Crippen molar-refractivity contribution in [3.63, 3.8) is 0 Å². The van der Waals surface area contributed by atoms with Crippen LogP contribution in [0.1, 0.15) is 38.4 Å². The smallest absolute Gasteiger partial charge is 0.410 e. The van der Waals surface area contributed by atoms with Gasteiger partial charge in [-0.25, -0.2) is 14.8 Å². The van der Waals surface area contributed by atoms with Gasteiger partial charge in [0, 0.05) is 52.0 Å². The summed E-state index contributed by atoms with van der Waals surface area (Å²) in [5.41, 5.74) is 1.64. The lowest BCUT2D eigenvalue weighted by molar-refractivity contribution is 0.0105. The number of likely N-dealkylation sites (N-methyl/N-ethyl adjacent to an activating group) is 1. The Bertz CT molecular complexity index is 740. The van der Waals surface area contributed by atoms with E-state index < -0.39 is 5.60 Å². The van der Waals surface area contributed by atoms with Crippen molar-refractivity contribution in [2.24, 2.45) is 0 Å². The van der Waals surface area contributed by atoms with Crippen LogP contribution in [0.2, 0.25) is 5.28 Å². The van der Waals surface area contributed by atoms with Crippen molar-refractivity contribution >= 4 is 23.5 Å². The number of carbonyl (C=O) groups excluding carboxylic acids is 1. The highest BCUT2D eigenvalue weighted by atomic mass is 35.5. The number of halogens is 1. The van der Waals surface area contributed by atoms with Crippen LogP contribution in [0.25, 0.3) is 0 Å². The Labute approximate surface area is 178 Å². The van der Waals surface area contributed by atoms with E-state index in [0.717, 1.165) is 37.4 Å². The third kappa shape index (κ3) is 5.49. The Morgan fingerprint density at radius 2 is 2.00 bits per heavy atom. The first-order chi connectivity index (χ1) is 13.7. The first-order valence-electron chi connectivity index (χ1n) is 10.2. The maximum absolute atomic E-state index is 12.7. The van der Waals surface area contributed by atoms with Gasteiger partial charge in [0.1, 0.15) is 11.4 Å². The lowest BCUT2D eigenvalue weighted by Gasteiger charge is -2.43. The highest BCUT2D eigenvalue weighted by Gasteiger charge is 2.35. The summed E-state index contributed by atoms with van der Waals surface area (Å²) >= 11 is 6.25. The van der Waals surface area contributed by atoms with Gasteiger partial charge in [-0.2, -0.15) is 0 Å². The second-order valence-electron chi connectivity index (χ2n) is 8.78. The van der Waals surface area contributed by atoms with Gasteiger partial charge in [0.2, 0.25) is 5.28 Å². The molecule has 3 heterocycles. The fourth-order valence-corrected chi connectivity index (χ4v) is 4.07. The summed E-state index contributed by atoms with van der Waals surface area (Å²) < 4.78 is 10.9. The molecule has 0 aromatic carbocycles. The minimum atomic E-state index is -0.523. The monoisotopic (exact) mass is 425 g/mol. The van der Waals surface area contributed by atoms with Crippen molar-refractivity contribution in [2.75, 3.05) is 51.8 Å². The fourth-order valence-electron chi connectivity index (χ4n) is 3.88. The summed E-state index contributed by atoms with van der Waals surface area (Å²) in [6.07, 6.45) is 1.35. The van der Waals surface area contributed by atoms with E-state index in [2.05, 4.69) is 26.8 Å². The maximum atomic E-state index is 12.7. The van der Waals surface area contributed by atoms with Crippen molar-refractivity contribution in [2.45, 2.75) is 51.8 Å². The van der Waals surface area contributed by atoms with E-state index in [1.54, 1.807) is 7.11 Å². The molecule has 1 saturated heterocycles. The summed E-state index contributed by atoms with van der Waals surface area (Å²) in [4.78, 5) is 28.1. The van der Waals surface area contributed by atoms with Crippen molar-refractivity contribution in [1.29, 1.82) is 0 Å². The summed E-state index contributed by atoms with van der Waals surface area (Å²) in [7, 11) is 3.76. The Morgan fingerprint density at radius 1 is 1.24 bits per heavy atom. The summed E-state index contributed by atoms with van der Waals surface area (Å²) in [6, 6.07) is -0.0193. The number of carbonyl (C=O) groups is 1. The number of rotatable bonds is 4. The van der Waals surface area contributed by atoms with Crippen LogP contribution < -0.4 is 4.90 Å². The molecule has 0 N–H and O–H groups in total. The van der Waals surface area contributed by atoms with E-state index >= 15 is 0 Å². The van der Waals surface area contributed by atoms with Gasteiger partial charge in [-0.15, -0.1) is 0 Å². The zero-order valence-electron chi connectivity index (χ0n) is 18.1. The third-order valence-corrected chi connectivity index (χ3v) is 5.44. The molecule has 9 heteroatoms. The summed E-state index contributed by atoms with van der Waals surface area (Å²) in [5, 5.41) is 0.275. The van der Waals surface area contributed by atoms with Crippen LogP contribution in [-0.4, -0.2) is 84.4 Å². The van der Waals surface area contributed by atoms with Gasteiger partial charge in [0.25, 0.3) is 0 Å². The molecule has 0 bridgehead atoms. The number of nitrogens with zero attached hydrogens (tertiary/aromatic N) is 5. The van der Waals surface area contributed by atoms with Crippen LogP contribution in [0.3, 0.4) is 0 Å². The van der Waals surface area contributed by atoms with Gasteiger partial charge in [-0.05, 0) is 52.3 Å². The van der Waals surface area contributed by atoms with E-state index in [4.69, 9.17) is 21.1 Å². The molecular weight excluding hydrogens is 394 g/mol. The average Bonchev–Trinajstić information content (AvgIpc) is 2.63. The van der Waals surface area contributed by atoms with Crippen molar-refractivity contribution in [3.8, 4) is 0 Å². The van der Waals surface area contributed by atoms with E-state index in [1.807, 2.05) is 25.7 Å². The van der Waals surface area contributed by atoms with Crippen LogP contribution in [0, 0.1) is 0 Å². The highest BCUT2D eigenvalue weighted by molar-refractivity contribution is 6.28. The van der Waals surface area contributed by atoms with E-state index in [0.29, 0.717) is 26.2 Å². The molecule has 1 aromatic heterocycles. The topological polar surface area (TPSA) is 71.0 Å². The van der Waals surface area contributed by atoms with Crippen molar-refractivity contribution in [1.82, 2.24) is 19.8 Å². The van der Waals surface area contributed by atoms with E-state index in [1.165, 1.54) is 5.56 Å². The normalized spacial score (nSPS) is 20.6. The minimum absolute atomic E-state index is 0.0193. The SMILES string of the molecule is COCC[C@H]1CN(c2nc(Cl)nc3c2CCN(C)C3)CCN1C(=O)OC(C)(C)C. The summed E-state index contributed by atoms with van der Waals surface area (Å²) in [6.45, 7) is 9.89. The molecule has 29 heavy (non-hydrogen) atoms. The first-order valence-corrected chi connectivity index (χ1v) is 10.5. The highest BCUT2D eigenvalue weighted by Crippen LogP contribution is 2.29. The Hall–Kier alpha value is -1.64. The lowest BCUT2D eigenvalue weighted by Crippen LogP contribution is -2.57. The number of hydrogen-bond donors (Lipinski definition) is 0. The molecule has 0 aliphatic carbocycles. The van der Waals surface area contributed by atoms with Crippen LogP contribution in [-0.2, 0) is 22.4 Å². The Kier molecular flexibility index (Phi) is 6.86. The molecule has 2 aliphatic rings. The third-order valence-electron chi connectivity index (χ3n) is 5.27. The molecule has 3 rings (SSSR count). The predicted molar refractivity (Wildman–Crippen MR) is 113 cm³/mol. The molecule has 2 aliphatic heterocycles. The Morgan fingerprint density at radius 3 is 2.69 bits per heavy atom. The molecule has 1 aromatic rings. The number of amides is 1. The molecule has 1 amide bonds. The largest absolute Gasteiger partial charge is 0.444 e. The molecule has 0 saturated carbocycles. The predicted octanol–water partition coefficient (Wildman–Crippen LogP) is 2.58. The van der Waals surface area contributed by atoms with Crippen LogP contribution in [0.15, 0.2) is 0 Å². The first kappa shape index (κ1) is 22.1. The average molecular weight is 426 g/mol. The molecule has 8 nitrogen and oxygen atoms in total. The van der Waals surface area contributed by atoms with Gasteiger partial charge >= 0.3 is 6.09 Å². The zero-order chi connectivity index (χ0) is 21.2. The lowest BCUT2D eigenvalue weighted by atomic mass is 10.0. The van der Waals surface area contributed by atoms with Gasteiger partial charge < -0.3 is 24.2 Å². The van der Waals surface area contributed by atoms with Crippen LogP contribution >= 0.6 is 11.6 Å². The second kappa shape index (κ2) is 9.02. The maximum Gasteiger partial charge on any atom is 0.410 e. The van der Waals surface area contributed by atoms with Crippen LogP contribution in [0.5, 0.6) is 0 Å². The minimum Gasteiger partial charge on any atom is -0.444 e. The van der Waals surface area contributed by atoms with Crippen molar-refractivity contribution in [3.05, 3.63) is 16.5 Å². The number of fused-ring (bicyclic) bond motifs is 1. The quantitative estimate of drug-likeness (QED) is 0.686. The number of anilines is 1. The molecule has 1 fully saturated rings. The molecule has 0 radical (unpaired) electrons. The van der Waals surface area contributed by atoms with Gasteiger partial charge in [0.05, 0.1) is 11.7 Å². The standard InChI is InChI=1S/C20H32ClN5O3/c1-20(2,3)29-19(27)26-10-9-25(12-14(26)7-11-28-5)17-15-6-8-24(4)13-16(15)22-18(21)23-17/h14H,6-13H2,1-5H3/t14-/m0/s1. The molecular formula is C20H32ClN5O3. The number of aromatic nitrogens is 2. The fraction of sp³-hybridized carbons (Fsp3) is 0.750. The Balaban J connectivity index is 1.82. The van der Waals surface area contributed by atoms with Crippen LogP contribution in [0.4, 0.5) is 10.6 Å². The number of hydrogen-bond acceptors (Lipinski definition) is 7. The molecule has 0 unspecified atom stereocenters. The zero-order valence-corrected chi connectivity index (χ0v) is 18.8. The molecule has 1 atom stereocenters. The number of ether oxygens (including phenoxy) is 2. The van der Waals surface area contributed by atoms with E-state index in [9.17, 15) is 4.79 Å². The molecule has 162 valence electrons. The van der Waals surface area contributed by atoms with Crippen molar-refractivity contribution < 1.29 is 14.3 Å². The number of methoxy groups -OCH3 is 1. The van der Waals surface area contributed by atoms with E-state index in [-0.39, 0.29) is 17.4 Å². The second-order valence-corrected chi connectivity index (χ2v) is 9.12. The summed E-state index contributed by atoms with van der Waals surface area (Å²) in [5.74, 6) is 0.902. The van der Waals surface area contributed by atoms with Gasteiger partial charge in [0.15, 0.2) is 0 Å².